The van der Waals surface area contributed by atoms with E-state index in [0.29, 0.717) is 12.0 Å². The van der Waals surface area contributed by atoms with Crippen LogP contribution in [0.2, 0.25) is 0 Å². The Kier molecular flexibility index (Phi) is 4.32. The zero-order valence-electron chi connectivity index (χ0n) is 12.3. The van der Waals surface area contributed by atoms with E-state index in [1.54, 1.807) is 14.2 Å². The second-order valence-electron chi connectivity index (χ2n) is 5.36. The average Bonchev–Trinajstić information content (AvgIpc) is 2.79. The van der Waals surface area contributed by atoms with Gasteiger partial charge in [-0.15, -0.1) is 0 Å². The van der Waals surface area contributed by atoms with Crippen molar-refractivity contribution in [2.75, 3.05) is 34.4 Å². The molecule has 1 aromatic rings. The zero-order chi connectivity index (χ0) is 14.0. The summed E-state index contributed by atoms with van der Waals surface area (Å²) in [5, 5.41) is 0. The van der Waals surface area contributed by atoms with Crippen molar-refractivity contribution in [3.63, 3.8) is 0 Å². The number of nitrogens with two attached hydrogens (primary N) is 1. The molecule has 1 fully saturated rings. The Balaban J connectivity index is 2.34. The van der Waals surface area contributed by atoms with Gasteiger partial charge in [-0.25, -0.2) is 0 Å². The van der Waals surface area contributed by atoms with Gasteiger partial charge >= 0.3 is 0 Å². The van der Waals surface area contributed by atoms with E-state index in [4.69, 9.17) is 15.2 Å². The van der Waals surface area contributed by atoms with Gasteiger partial charge in [-0.1, -0.05) is 0 Å². The quantitative estimate of drug-likeness (QED) is 0.903. The molecule has 0 spiro atoms. The molecule has 2 atom stereocenters. The Morgan fingerprint density at radius 1 is 1.26 bits per heavy atom. The molecule has 0 bridgehead atoms. The number of likely N-dealkylation sites (tertiary alicyclic amines) is 1. The van der Waals surface area contributed by atoms with Crippen LogP contribution in [0.15, 0.2) is 12.1 Å². The zero-order valence-corrected chi connectivity index (χ0v) is 12.3. The molecule has 1 saturated heterocycles. The van der Waals surface area contributed by atoms with Gasteiger partial charge in [0, 0.05) is 12.6 Å². The van der Waals surface area contributed by atoms with Gasteiger partial charge in [-0.05, 0) is 56.1 Å². The van der Waals surface area contributed by atoms with E-state index in [-0.39, 0.29) is 0 Å². The molecule has 0 aromatic heterocycles. The minimum atomic E-state index is 0.424. The third kappa shape index (κ3) is 2.69. The maximum absolute atomic E-state index is 5.80. The Morgan fingerprint density at radius 3 is 2.42 bits per heavy atom. The molecule has 1 aliphatic rings. The van der Waals surface area contributed by atoms with Gasteiger partial charge in [0.2, 0.25) is 0 Å². The topological polar surface area (TPSA) is 47.7 Å². The third-order valence-electron chi connectivity index (χ3n) is 4.10. The van der Waals surface area contributed by atoms with E-state index in [2.05, 4.69) is 31.0 Å². The standard InChI is InChI=1S/C15H24N2O2/c1-10-5-14(18-3)15(19-4)7-12(10)13-6-11(8-16)9-17(13)2/h5,7,11,13H,6,8-9,16H2,1-4H3. The fourth-order valence-electron chi connectivity index (χ4n) is 3.00. The summed E-state index contributed by atoms with van der Waals surface area (Å²) in [6.45, 7) is 3.95. The highest BCUT2D eigenvalue weighted by Crippen LogP contribution is 2.39. The van der Waals surface area contributed by atoms with Gasteiger partial charge in [0.05, 0.1) is 14.2 Å². The number of rotatable bonds is 4. The smallest absolute Gasteiger partial charge is 0.161 e. The van der Waals surface area contributed by atoms with E-state index >= 15 is 0 Å². The van der Waals surface area contributed by atoms with Crippen LogP contribution in [0.5, 0.6) is 11.5 Å². The lowest BCUT2D eigenvalue weighted by Gasteiger charge is -2.23. The van der Waals surface area contributed by atoms with Crippen LogP contribution < -0.4 is 15.2 Å². The molecule has 0 radical (unpaired) electrons. The predicted octanol–water partition coefficient (Wildman–Crippen LogP) is 1.96. The van der Waals surface area contributed by atoms with Crippen molar-refractivity contribution in [1.82, 2.24) is 4.90 Å². The first-order chi connectivity index (χ1) is 9.10. The van der Waals surface area contributed by atoms with Crippen molar-refractivity contribution in [1.29, 1.82) is 0 Å². The normalized spacial score (nSPS) is 23.6. The van der Waals surface area contributed by atoms with E-state index in [9.17, 15) is 0 Å². The molecule has 0 aliphatic carbocycles. The lowest BCUT2D eigenvalue weighted by Crippen LogP contribution is -2.21. The molecule has 0 saturated carbocycles. The number of benzene rings is 1. The first-order valence-corrected chi connectivity index (χ1v) is 6.73. The summed E-state index contributed by atoms with van der Waals surface area (Å²) in [6.07, 6.45) is 1.11. The number of hydrogen-bond acceptors (Lipinski definition) is 4. The molecule has 4 nitrogen and oxygen atoms in total. The summed E-state index contributed by atoms with van der Waals surface area (Å²) in [7, 11) is 5.51. The Labute approximate surface area is 115 Å². The summed E-state index contributed by atoms with van der Waals surface area (Å²) in [5.41, 5.74) is 8.36. The maximum Gasteiger partial charge on any atom is 0.161 e. The van der Waals surface area contributed by atoms with Crippen molar-refractivity contribution >= 4 is 0 Å². The number of methoxy groups -OCH3 is 2. The lowest BCUT2D eigenvalue weighted by molar-refractivity contribution is 0.309. The van der Waals surface area contributed by atoms with E-state index < -0.39 is 0 Å². The fraction of sp³-hybridized carbons (Fsp3) is 0.600. The van der Waals surface area contributed by atoms with Crippen LogP contribution in [0.25, 0.3) is 0 Å². The van der Waals surface area contributed by atoms with Gasteiger partial charge in [0.25, 0.3) is 0 Å². The molecular formula is C15H24N2O2. The fourth-order valence-corrected chi connectivity index (χ4v) is 3.00. The Bertz CT molecular complexity index is 448. The highest BCUT2D eigenvalue weighted by atomic mass is 16.5. The van der Waals surface area contributed by atoms with Gasteiger partial charge in [-0.2, -0.15) is 0 Å². The number of nitrogens with zero attached hydrogens (tertiary/aromatic N) is 1. The first kappa shape index (κ1) is 14.2. The summed E-state index contributed by atoms with van der Waals surface area (Å²) < 4.78 is 10.8. The van der Waals surface area contributed by atoms with Crippen molar-refractivity contribution < 1.29 is 9.47 Å². The van der Waals surface area contributed by atoms with E-state index in [1.165, 1.54) is 11.1 Å². The monoisotopic (exact) mass is 264 g/mol. The summed E-state index contributed by atoms with van der Waals surface area (Å²) >= 11 is 0. The van der Waals surface area contributed by atoms with Crippen LogP contribution in [0, 0.1) is 12.8 Å². The Morgan fingerprint density at radius 2 is 1.89 bits per heavy atom. The molecular weight excluding hydrogens is 240 g/mol. The van der Waals surface area contributed by atoms with Crippen molar-refractivity contribution in [3.8, 4) is 11.5 Å². The molecule has 2 unspecified atom stereocenters. The molecule has 1 aliphatic heterocycles. The van der Waals surface area contributed by atoms with Gasteiger partial charge in [0.1, 0.15) is 0 Å². The number of hydrogen-bond donors (Lipinski definition) is 1. The third-order valence-corrected chi connectivity index (χ3v) is 4.10. The largest absolute Gasteiger partial charge is 0.493 e. The van der Waals surface area contributed by atoms with Crippen molar-refractivity contribution in [2.45, 2.75) is 19.4 Å². The van der Waals surface area contributed by atoms with E-state index in [1.807, 2.05) is 0 Å². The lowest BCUT2D eigenvalue weighted by atomic mass is 9.96. The minimum absolute atomic E-state index is 0.424. The second-order valence-corrected chi connectivity index (χ2v) is 5.36. The van der Waals surface area contributed by atoms with Crippen LogP contribution >= 0.6 is 0 Å². The molecule has 106 valence electrons. The summed E-state index contributed by atoms with van der Waals surface area (Å²) in [5.74, 6) is 2.18. The van der Waals surface area contributed by atoms with Gasteiger partial charge < -0.3 is 15.2 Å². The van der Waals surface area contributed by atoms with Gasteiger partial charge in [-0.3, -0.25) is 4.90 Å². The summed E-state index contributed by atoms with van der Waals surface area (Å²) in [6, 6.07) is 4.58. The van der Waals surface area contributed by atoms with E-state index in [0.717, 1.165) is 31.0 Å². The molecule has 4 heteroatoms. The van der Waals surface area contributed by atoms with Crippen molar-refractivity contribution in [2.24, 2.45) is 11.7 Å². The molecule has 2 rings (SSSR count). The highest BCUT2D eigenvalue weighted by molar-refractivity contribution is 5.48. The van der Waals surface area contributed by atoms with Crippen LogP contribution in [0.4, 0.5) is 0 Å². The van der Waals surface area contributed by atoms with Gasteiger partial charge in [0.15, 0.2) is 11.5 Å². The second kappa shape index (κ2) is 5.80. The van der Waals surface area contributed by atoms with Crippen LogP contribution in [0.3, 0.4) is 0 Å². The molecule has 19 heavy (non-hydrogen) atoms. The number of aryl methyl sites for hydroxylation is 1. The minimum Gasteiger partial charge on any atom is -0.493 e. The molecule has 2 N–H and O–H groups in total. The predicted molar refractivity (Wildman–Crippen MR) is 76.8 cm³/mol. The molecule has 1 heterocycles. The SMILES string of the molecule is COc1cc(C)c(C2CC(CN)CN2C)cc1OC. The van der Waals surface area contributed by atoms with Crippen LogP contribution in [-0.4, -0.2) is 39.3 Å². The number of ether oxygens (including phenoxy) is 2. The highest BCUT2D eigenvalue weighted by Gasteiger charge is 2.31. The van der Waals surface area contributed by atoms with Crippen LogP contribution in [-0.2, 0) is 0 Å². The molecule has 1 aromatic carbocycles. The molecule has 0 amide bonds. The van der Waals surface area contributed by atoms with Crippen molar-refractivity contribution in [3.05, 3.63) is 23.3 Å². The van der Waals surface area contributed by atoms with Crippen LogP contribution in [0.1, 0.15) is 23.6 Å². The summed E-state index contributed by atoms with van der Waals surface area (Å²) in [4.78, 5) is 2.38. The average molecular weight is 264 g/mol. The first-order valence-electron chi connectivity index (χ1n) is 6.73. The Hall–Kier alpha value is -1.26. The maximum atomic E-state index is 5.80.